The van der Waals surface area contributed by atoms with Gasteiger partial charge in [0.25, 0.3) is 0 Å². The molecule has 138 valence electrons. The fourth-order valence-corrected chi connectivity index (χ4v) is 3.18. The average Bonchev–Trinajstić information content (AvgIpc) is 2.68. The molecule has 0 aliphatic heterocycles. The highest BCUT2D eigenvalue weighted by atomic mass is 35.5. The fraction of sp³-hybridized carbons (Fsp3) is 0.143. The molecule has 0 unspecified atom stereocenters. The Labute approximate surface area is 166 Å². The first-order valence-electron chi connectivity index (χ1n) is 8.17. The number of esters is 1. The maximum Gasteiger partial charge on any atom is 0.310 e. The van der Waals surface area contributed by atoms with Gasteiger partial charge < -0.3 is 9.47 Å². The molecule has 27 heavy (non-hydrogen) atoms. The minimum Gasteiger partial charge on any atom is -0.497 e. The molecule has 0 fully saturated rings. The van der Waals surface area contributed by atoms with Crippen LogP contribution in [0.15, 0.2) is 54.6 Å². The average molecular weight is 403 g/mol. The van der Waals surface area contributed by atoms with Gasteiger partial charge in [0, 0.05) is 21.2 Å². The van der Waals surface area contributed by atoms with Crippen LogP contribution in [-0.4, -0.2) is 25.5 Å². The van der Waals surface area contributed by atoms with Crippen LogP contribution in [0.4, 0.5) is 0 Å². The molecule has 0 heterocycles. The Morgan fingerprint density at radius 3 is 2.30 bits per heavy atom. The minimum atomic E-state index is -0.566. The van der Waals surface area contributed by atoms with Gasteiger partial charge in [-0.1, -0.05) is 47.5 Å². The molecular weight excluding hydrogens is 387 g/mol. The number of rotatable bonds is 6. The second-order valence-corrected chi connectivity index (χ2v) is 6.70. The summed E-state index contributed by atoms with van der Waals surface area (Å²) in [6.45, 7) is -0.345. The summed E-state index contributed by atoms with van der Waals surface area (Å²) >= 11 is 12.1. The Morgan fingerprint density at radius 2 is 1.59 bits per heavy atom. The van der Waals surface area contributed by atoms with Crippen molar-refractivity contribution in [3.8, 4) is 5.75 Å². The second-order valence-electron chi connectivity index (χ2n) is 5.89. The van der Waals surface area contributed by atoms with E-state index in [1.54, 1.807) is 37.4 Å². The van der Waals surface area contributed by atoms with Crippen LogP contribution >= 0.6 is 23.2 Å². The van der Waals surface area contributed by atoms with E-state index < -0.39 is 5.97 Å². The lowest BCUT2D eigenvalue weighted by molar-refractivity contribution is -0.141. The maximum absolute atomic E-state index is 12.3. The number of fused-ring (bicyclic) bond motifs is 1. The molecule has 0 radical (unpaired) electrons. The normalized spacial score (nSPS) is 10.6. The molecule has 0 atom stereocenters. The van der Waals surface area contributed by atoms with E-state index in [1.165, 1.54) is 0 Å². The fourth-order valence-electron chi connectivity index (χ4n) is 2.65. The highest BCUT2D eigenvalue weighted by molar-refractivity contribution is 6.36. The molecule has 3 aromatic carbocycles. The molecule has 6 heteroatoms. The van der Waals surface area contributed by atoms with Gasteiger partial charge in [0.05, 0.1) is 13.5 Å². The van der Waals surface area contributed by atoms with Crippen molar-refractivity contribution < 1.29 is 19.1 Å². The van der Waals surface area contributed by atoms with Crippen molar-refractivity contribution in [2.45, 2.75) is 6.42 Å². The number of ketones is 1. The van der Waals surface area contributed by atoms with Crippen LogP contribution in [0, 0.1) is 0 Å². The number of carbonyl (C=O) groups excluding carboxylic acids is 2. The standard InChI is InChI=1S/C21H16Cl2O4/c1-26-16-8-7-13-9-15(6-5-14(13)10-16)20(24)12-27-21(25)11-17-18(22)3-2-4-19(17)23/h2-10H,11-12H2,1H3. The lowest BCUT2D eigenvalue weighted by atomic mass is 10.0. The number of hydrogen-bond donors (Lipinski definition) is 0. The molecule has 4 nitrogen and oxygen atoms in total. The second kappa shape index (κ2) is 8.42. The highest BCUT2D eigenvalue weighted by Gasteiger charge is 2.14. The molecule has 0 aliphatic carbocycles. The Balaban J connectivity index is 1.65. The molecule has 0 aromatic heterocycles. The first-order chi connectivity index (χ1) is 13.0. The third-order valence-corrected chi connectivity index (χ3v) is 4.82. The molecule has 3 aromatic rings. The van der Waals surface area contributed by atoms with Crippen molar-refractivity contribution in [2.24, 2.45) is 0 Å². The molecule has 3 rings (SSSR count). The molecule has 0 bridgehead atoms. The number of hydrogen-bond acceptors (Lipinski definition) is 4. The Hall–Kier alpha value is -2.56. The van der Waals surface area contributed by atoms with Crippen LogP contribution in [0.5, 0.6) is 5.75 Å². The Morgan fingerprint density at radius 1 is 0.926 bits per heavy atom. The maximum atomic E-state index is 12.3. The summed E-state index contributed by atoms with van der Waals surface area (Å²) in [6.07, 6.45) is -0.0939. The zero-order valence-electron chi connectivity index (χ0n) is 14.5. The van der Waals surface area contributed by atoms with Crippen molar-refractivity contribution in [2.75, 3.05) is 13.7 Å². The lowest BCUT2D eigenvalue weighted by Gasteiger charge is -2.08. The molecular formula is C21H16Cl2O4. The van der Waals surface area contributed by atoms with Crippen LogP contribution in [0.2, 0.25) is 10.0 Å². The van der Waals surface area contributed by atoms with Gasteiger partial charge in [0.2, 0.25) is 0 Å². The number of ether oxygens (including phenoxy) is 2. The minimum absolute atomic E-state index is 0.0939. The van der Waals surface area contributed by atoms with E-state index in [9.17, 15) is 9.59 Å². The largest absolute Gasteiger partial charge is 0.497 e. The van der Waals surface area contributed by atoms with Crippen molar-refractivity contribution in [3.63, 3.8) is 0 Å². The van der Waals surface area contributed by atoms with Crippen LogP contribution < -0.4 is 4.74 Å². The van der Waals surface area contributed by atoms with E-state index in [2.05, 4.69) is 0 Å². The first-order valence-corrected chi connectivity index (χ1v) is 8.93. The van der Waals surface area contributed by atoms with Gasteiger partial charge in [0.15, 0.2) is 12.4 Å². The summed E-state index contributed by atoms with van der Waals surface area (Å²) in [4.78, 5) is 24.4. The van der Waals surface area contributed by atoms with E-state index in [0.29, 0.717) is 21.2 Å². The van der Waals surface area contributed by atoms with Crippen LogP contribution in [0.1, 0.15) is 15.9 Å². The molecule has 0 saturated heterocycles. The highest BCUT2D eigenvalue weighted by Crippen LogP contribution is 2.25. The Kier molecular flexibility index (Phi) is 5.99. The first kappa shape index (κ1) is 19.2. The summed E-state index contributed by atoms with van der Waals surface area (Å²) < 4.78 is 10.3. The van der Waals surface area contributed by atoms with E-state index >= 15 is 0 Å². The van der Waals surface area contributed by atoms with Crippen molar-refractivity contribution >= 4 is 45.7 Å². The monoisotopic (exact) mass is 402 g/mol. The zero-order valence-corrected chi connectivity index (χ0v) is 16.0. The van der Waals surface area contributed by atoms with Crippen molar-refractivity contribution in [3.05, 3.63) is 75.8 Å². The van der Waals surface area contributed by atoms with Gasteiger partial charge in [-0.2, -0.15) is 0 Å². The summed E-state index contributed by atoms with van der Waals surface area (Å²) in [5.41, 5.74) is 0.953. The van der Waals surface area contributed by atoms with E-state index in [1.807, 2.05) is 24.3 Å². The molecule has 0 spiro atoms. The number of carbonyl (C=O) groups is 2. The molecule has 0 saturated carbocycles. The van der Waals surface area contributed by atoms with Gasteiger partial charge in [-0.05, 0) is 41.1 Å². The van der Waals surface area contributed by atoms with Gasteiger partial charge in [0.1, 0.15) is 5.75 Å². The predicted molar refractivity (Wildman–Crippen MR) is 106 cm³/mol. The third kappa shape index (κ3) is 4.59. The number of halogens is 2. The van der Waals surface area contributed by atoms with Crippen LogP contribution in [0.3, 0.4) is 0 Å². The summed E-state index contributed by atoms with van der Waals surface area (Å²) in [7, 11) is 1.60. The number of Topliss-reactive ketones (excluding diaryl/α,β-unsaturated/α-hetero) is 1. The summed E-state index contributed by atoms with van der Waals surface area (Å²) in [5.74, 6) is -0.107. The van der Waals surface area contributed by atoms with Crippen molar-refractivity contribution in [1.82, 2.24) is 0 Å². The molecule has 0 amide bonds. The van der Waals surface area contributed by atoms with Gasteiger partial charge >= 0.3 is 5.97 Å². The van der Waals surface area contributed by atoms with E-state index in [0.717, 1.165) is 16.5 Å². The van der Waals surface area contributed by atoms with Crippen molar-refractivity contribution in [1.29, 1.82) is 0 Å². The van der Waals surface area contributed by atoms with Gasteiger partial charge in [-0.15, -0.1) is 0 Å². The van der Waals surface area contributed by atoms with Crippen LogP contribution in [0.25, 0.3) is 10.8 Å². The SMILES string of the molecule is COc1ccc2cc(C(=O)COC(=O)Cc3c(Cl)cccc3Cl)ccc2c1. The summed E-state index contributed by atoms with van der Waals surface area (Å²) in [5, 5.41) is 2.62. The van der Waals surface area contributed by atoms with E-state index in [-0.39, 0.29) is 18.8 Å². The van der Waals surface area contributed by atoms with Crippen LogP contribution in [-0.2, 0) is 16.0 Å². The molecule has 0 aliphatic rings. The third-order valence-electron chi connectivity index (χ3n) is 4.12. The smallest absolute Gasteiger partial charge is 0.310 e. The van der Waals surface area contributed by atoms with Gasteiger partial charge in [-0.25, -0.2) is 0 Å². The molecule has 0 N–H and O–H groups in total. The predicted octanol–water partition coefficient (Wildman–Crippen LogP) is 5.12. The summed E-state index contributed by atoms with van der Waals surface area (Å²) in [6, 6.07) is 15.8. The number of benzene rings is 3. The quantitative estimate of drug-likeness (QED) is 0.423. The van der Waals surface area contributed by atoms with E-state index in [4.69, 9.17) is 32.7 Å². The van der Waals surface area contributed by atoms with Gasteiger partial charge in [-0.3, -0.25) is 9.59 Å². The number of methoxy groups -OCH3 is 1. The topological polar surface area (TPSA) is 52.6 Å². The lowest BCUT2D eigenvalue weighted by Crippen LogP contribution is -2.16. The zero-order chi connectivity index (χ0) is 19.4. The Bertz CT molecular complexity index is 994.